The van der Waals surface area contributed by atoms with Crippen LogP contribution in [0.3, 0.4) is 0 Å². The van der Waals surface area contributed by atoms with Crippen molar-refractivity contribution in [3.8, 4) is 0 Å². The van der Waals surface area contributed by atoms with Crippen LogP contribution in [0.15, 0.2) is 78.9 Å². The smallest absolute Gasteiger partial charge is 0.336 e. The van der Waals surface area contributed by atoms with Crippen molar-refractivity contribution < 1.29 is 23.9 Å². The molecule has 0 spiro atoms. The second kappa shape index (κ2) is 8.75. The Bertz CT molecular complexity index is 1080. The van der Waals surface area contributed by atoms with Gasteiger partial charge in [0.1, 0.15) is 11.7 Å². The molecule has 1 fully saturated rings. The molecule has 1 heterocycles. The summed E-state index contributed by atoms with van der Waals surface area (Å²) in [5, 5.41) is 14.4. The largest absolute Gasteiger partial charge is 0.479 e. The van der Waals surface area contributed by atoms with E-state index in [9.17, 15) is 19.1 Å². The van der Waals surface area contributed by atoms with Crippen LogP contribution in [-0.2, 0) is 14.4 Å². The minimum absolute atomic E-state index is 0.351. The van der Waals surface area contributed by atoms with Crippen LogP contribution in [0.25, 0.3) is 0 Å². The monoisotopic (exact) mass is 440 g/mol. The maximum absolute atomic E-state index is 13.2. The number of amides is 1. The lowest BCUT2D eigenvalue weighted by atomic mass is 9.88. The van der Waals surface area contributed by atoms with Crippen LogP contribution in [0.2, 0.25) is 5.02 Å². The Morgan fingerprint density at radius 2 is 1.61 bits per heavy atom. The second-order valence-electron chi connectivity index (χ2n) is 7.04. The highest BCUT2D eigenvalue weighted by Gasteiger charge is 2.52. The summed E-state index contributed by atoms with van der Waals surface area (Å²) in [7, 11) is 0. The number of carbonyl (C=O) groups excluding carboxylic acids is 1. The summed E-state index contributed by atoms with van der Waals surface area (Å²) in [6, 6.07) is 20.2. The molecule has 158 valence electrons. The van der Waals surface area contributed by atoms with Gasteiger partial charge in [0.15, 0.2) is 6.10 Å². The molecular formula is C23H18ClFN2O4. The molecular weight excluding hydrogens is 423 g/mol. The van der Waals surface area contributed by atoms with E-state index in [0.717, 1.165) is 0 Å². The van der Waals surface area contributed by atoms with Crippen LogP contribution in [-0.4, -0.2) is 23.1 Å². The van der Waals surface area contributed by atoms with E-state index < -0.39 is 35.8 Å². The average molecular weight is 441 g/mol. The van der Waals surface area contributed by atoms with E-state index in [-0.39, 0.29) is 0 Å². The highest BCUT2D eigenvalue weighted by Crippen LogP contribution is 2.43. The molecule has 1 saturated heterocycles. The fraction of sp³-hybridized carbons (Fsp3) is 0.130. The molecule has 0 radical (unpaired) electrons. The fourth-order valence-corrected chi connectivity index (χ4v) is 3.73. The molecule has 4 rings (SSSR count). The van der Waals surface area contributed by atoms with Gasteiger partial charge in [0.25, 0.3) is 0 Å². The van der Waals surface area contributed by atoms with E-state index in [0.29, 0.717) is 22.0 Å². The molecule has 0 aromatic heterocycles. The highest BCUT2D eigenvalue weighted by atomic mass is 35.5. The standard InChI is InChI=1S/C23H18ClFN2O4/c24-15-8-6-14(7-9-15)20-19(22(28)26-17-12-10-16(25)11-13-17)21(23(29)30)31-27(20)18-4-2-1-3-5-18/h1-13,19-21H,(H,26,28)(H,29,30)/t19-,20-,21+/m0/s1. The van der Waals surface area contributed by atoms with Crippen molar-refractivity contribution in [1.82, 2.24) is 0 Å². The van der Waals surface area contributed by atoms with Crippen molar-refractivity contribution in [3.05, 3.63) is 95.3 Å². The van der Waals surface area contributed by atoms with Gasteiger partial charge in [-0.2, -0.15) is 0 Å². The molecule has 31 heavy (non-hydrogen) atoms. The van der Waals surface area contributed by atoms with Crippen molar-refractivity contribution in [3.63, 3.8) is 0 Å². The van der Waals surface area contributed by atoms with Crippen LogP contribution < -0.4 is 10.4 Å². The topological polar surface area (TPSA) is 78.9 Å². The lowest BCUT2D eigenvalue weighted by Gasteiger charge is -2.27. The van der Waals surface area contributed by atoms with Gasteiger partial charge < -0.3 is 10.4 Å². The molecule has 0 saturated carbocycles. The second-order valence-corrected chi connectivity index (χ2v) is 7.48. The maximum atomic E-state index is 13.2. The highest BCUT2D eigenvalue weighted by molar-refractivity contribution is 6.30. The predicted octanol–water partition coefficient (Wildman–Crippen LogP) is 4.68. The lowest BCUT2D eigenvalue weighted by Crippen LogP contribution is -2.37. The number of aliphatic carboxylic acids is 1. The number of rotatable bonds is 5. The van der Waals surface area contributed by atoms with Crippen molar-refractivity contribution in [1.29, 1.82) is 0 Å². The van der Waals surface area contributed by atoms with Crippen LogP contribution in [0, 0.1) is 11.7 Å². The first-order valence-electron chi connectivity index (χ1n) is 9.50. The Hall–Kier alpha value is -3.42. The molecule has 1 aliphatic rings. The van der Waals surface area contributed by atoms with Crippen LogP contribution in [0.4, 0.5) is 15.8 Å². The summed E-state index contributed by atoms with van der Waals surface area (Å²) in [5.41, 5.74) is 1.62. The predicted molar refractivity (Wildman–Crippen MR) is 114 cm³/mol. The molecule has 6 nitrogen and oxygen atoms in total. The minimum atomic E-state index is -1.43. The number of hydrogen-bond donors (Lipinski definition) is 2. The summed E-state index contributed by atoms with van der Waals surface area (Å²) in [6.07, 6.45) is -1.43. The Balaban J connectivity index is 1.75. The van der Waals surface area contributed by atoms with Gasteiger partial charge >= 0.3 is 5.97 Å². The van der Waals surface area contributed by atoms with E-state index >= 15 is 0 Å². The first-order valence-corrected chi connectivity index (χ1v) is 9.87. The molecule has 3 aromatic rings. The Morgan fingerprint density at radius 1 is 0.968 bits per heavy atom. The third-order valence-electron chi connectivity index (χ3n) is 5.03. The lowest BCUT2D eigenvalue weighted by molar-refractivity contribution is -0.151. The van der Waals surface area contributed by atoms with E-state index in [2.05, 4.69) is 5.32 Å². The van der Waals surface area contributed by atoms with E-state index in [4.69, 9.17) is 16.4 Å². The molecule has 3 aromatic carbocycles. The zero-order valence-corrected chi connectivity index (χ0v) is 16.9. The number of halogens is 2. The Labute approximate surface area is 182 Å². The van der Waals surface area contributed by atoms with Gasteiger partial charge in [-0.05, 0) is 54.1 Å². The minimum Gasteiger partial charge on any atom is -0.479 e. The van der Waals surface area contributed by atoms with Gasteiger partial charge in [0.05, 0.1) is 11.7 Å². The number of carboxylic acids is 1. The van der Waals surface area contributed by atoms with Gasteiger partial charge in [-0.1, -0.05) is 41.9 Å². The zero-order valence-electron chi connectivity index (χ0n) is 16.1. The quantitative estimate of drug-likeness (QED) is 0.602. The molecule has 0 aliphatic carbocycles. The summed E-state index contributed by atoms with van der Waals surface area (Å²) < 4.78 is 13.2. The van der Waals surface area contributed by atoms with Gasteiger partial charge in [-0.25, -0.2) is 14.2 Å². The number of carbonyl (C=O) groups is 2. The number of hydroxylamine groups is 1. The third-order valence-corrected chi connectivity index (χ3v) is 5.28. The maximum Gasteiger partial charge on any atom is 0.336 e. The first-order chi connectivity index (χ1) is 14.9. The molecule has 1 amide bonds. The van der Waals surface area contributed by atoms with E-state index in [1.54, 1.807) is 48.5 Å². The number of hydrogen-bond acceptors (Lipinski definition) is 4. The summed E-state index contributed by atoms with van der Waals surface area (Å²) in [6.45, 7) is 0. The van der Waals surface area contributed by atoms with Crippen LogP contribution in [0.1, 0.15) is 11.6 Å². The number of para-hydroxylation sites is 1. The molecule has 3 atom stereocenters. The van der Waals surface area contributed by atoms with E-state index in [1.807, 2.05) is 6.07 Å². The van der Waals surface area contributed by atoms with Crippen molar-refractivity contribution in [2.45, 2.75) is 12.1 Å². The van der Waals surface area contributed by atoms with Crippen LogP contribution >= 0.6 is 11.6 Å². The van der Waals surface area contributed by atoms with Gasteiger partial charge in [-0.15, -0.1) is 0 Å². The number of carboxylic acid groups (broad SMARTS) is 1. The SMILES string of the molecule is O=C(Nc1ccc(F)cc1)[C@@H]1[C@H](C(=O)O)ON(c2ccccc2)[C@H]1c1ccc(Cl)cc1. The van der Waals surface area contributed by atoms with Crippen molar-refractivity contribution in [2.75, 3.05) is 10.4 Å². The number of anilines is 2. The number of benzene rings is 3. The number of nitrogens with one attached hydrogen (secondary N) is 1. The zero-order chi connectivity index (χ0) is 22.0. The summed E-state index contributed by atoms with van der Waals surface area (Å²) >= 11 is 6.02. The summed E-state index contributed by atoms with van der Waals surface area (Å²) in [4.78, 5) is 31.0. The van der Waals surface area contributed by atoms with Gasteiger partial charge in [-0.3, -0.25) is 9.63 Å². The van der Waals surface area contributed by atoms with Crippen molar-refractivity contribution >= 4 is 34.9 Å². The first kappa shape index (κ1) is 20.8. The molecule has 8 heteroatoms. The Morgan fingerprint density at radius 3 is 2.23 bits per heavy atom. The fourth-order valence-electron chi connectivity index (χ4n) is 3.60. The summed E-state index contributed by atoms with van der Waals surface area (Å²) in [5.74, 6) is -3.36. The molecule has 1 aliphatic heterocycles. The Kier molecular flexibility index (Phi) is 5.88. The van der Waals surface area contributed by atoms with Gasteiger partial charge in [0, 0.05) is 10.7 Å². The van der Waals surface area contributed by atoms with Crippen molar-refractivity contribution in [2.24, 2.45) is 5.92 Å². The van der Waals surface area contributed by atoms with Crippen LogP contribution in [0.5, 0.6) is 0 Å². The molecule has 0 bridgehead atoms. The molecule has 2 N–H and O–H groups in total. The average Bonchev–Trinajstić information content (AvgIpc) is 3.18. The number of nitrogens with zero attached hydrogens (tertiary/aromatic N) is 1. The van der Waals surface area contributed by atoms with E-state index in [1.165, 1.54) is 29.3 Å². The molecule has 0 unspecified atom stereocenters. The third kappa shape index (κ3) is 4.38. The normalized spacial score (nSPS) is 20.5. The van der Waals surface area contributed by atoms with Gasteiger partial charge in [0.2, 0.25) is 5.91 Å².